The summed E-state index contributed by atoms with van der Waals surface area (Å²) in [6.45, 7) is 1.77. The third kappa shape index (κ3) is 4.12. The highest BCUT2D eigenvalue weighted by Gasteiger charge is 2.20. The van der Waals surface area contributed by atoms with Crippen molar-refractivity contribution in [2.45, 2.75) is 19.4 Å². The molecule has 1 atom stereocenters. The standard InChI is InChI=1S/C16H14Cl2FNO2/c1-2-14(22-15-6-4-3-5-12(15)19)16(21)20-13-8-7-10(17)9-11(13)18/h3-9,14H,2H2,1H3,(H,20,21)/t14-/m0/s1. The monoisotopic (exact) mass is 341 g/mol. The van der Waals surface area contributed by atoms with E-state index >= 15 is 0 Å². The number of anilines is 1. The van der Waals surface area contributed by atoms with Crippen molar-refractivity contribution in [2.75, 3.05) is 5.32 Å². The van der Waals surface area contributed by atoms with E-state index in [1.165, 1.54) is 18.2 Å². The van der Waals surface area contributed by atoms with E-state index in [1.54, 1.807) is 31.2 Å². The van der Waals surface area contributed by atoms with Crippen LogP contribution >= 0.6 is 23.2 Å². The van der Waals surface area contributed by atoms with E-state index in [9.17, 15) is 9.18 Å². The van der Waals surface area contributed by atoms with Crippen molar-refractivity contribution in [3.8, 4) is 5.75 Å². The molecule has 0 saturated heterocycles. The molecule has 1 amide bonds. The van der Waals surface area contributed by atoms with Crippen LogP contribution in [0, 0.1) is 5.82 Å². The van der Waals surface area contributed by atoms with Crippen LogP contribution in [0.4, 0.5) is 10.1 Å². The lowest BCUT2D eigenvalue weighted by Gasteiger charge is -2.18. The summed E-state index contributed by atoms with van der Waals surface area (Å²) >= 11 is 11.8. The number of nitrogens with one attached hydrogen (secondary N) is 1. The Hall–Kier alpha value is -1.78. The van der Waals surface area contributed by atoms with Crippen molar-refractivity contribution in [3.63, 3.8) is 0 Å². The van der Waals surface area contributed by atoms with E-state index in [1.807, 2.05) is 0 Å². The highest BCUT2D eigenvalue weighted by atomic mass is 35.5. The lowest BCUT2D eigenvalue weighted by molar-refractivity contribution is -0.122. The molecule has 1 N–H and O–H groups in total. The SMILES string of the molecule is CC[C@H](Oc1ccccc1F)C(=O)Nc1ccc(Cl)cc1Cl. The first-order chi connectivity index (χ1) is 10.5. The maximum absolute atomic E-state index is 13.6. The Morgan fingerprint density at radius 1 is 1.27 bits per heavy atom. The Kier molecular flexibility index (Phi) is 5.63. The molecule has 0 spiro atoms. The molecule has 0 heterocycles. The van der Waals surface area contributed by atoms with Crippen molar-refractivity contribution in [2.24, 2.45) is 0 Å². The zero-order valence-electron chi connectivity index (χ0n) is 11.8. The van der Waals surface area contributed by atoms with Crippen LogP contribution in [0.15, 0.2) is 42.5 Å². The summed E-state index contributed by atoms with van der Waals surface area (Å²) in [5.41, 5.74) is 0.423. The smallest absolute Gasteiger partial charge is 0.265 e. The summed E-state index contributed by atoms with van der Waals surface area (Å²) in [7, 11) is 0. The Morgan fingerprint density at radius 2 is 2.00 bits per heavy atom. The molecule has 0 saturated carbocycles. The van der Waals surface area contributed by atoms with E-state index < -0.39 is 17.8 Å². The number of benzene rings is 2. The van der Waals surface area contributed by atoms with Crippen LogP contribution in [-0.2, 0) is 4.79 Å². The molecule has 3 nitrogen and oxygen atoms in total. The summed E-state index contributed by atoms with van der Waals surface area (Å²) in [5.74, 6) is -0.889. The number of hydrogen-bond donors (Lipinski definition) is 1. The van der Waals surface area contributed by atoms with Gasteiger partial charge in [-0.05, 0) is 36.8 Å². The Labute approximate surface area is 138 Å². The maximum Gasteiger partial charge on any atom is 0.265 e. The van der Waals surface area contributed by atoms with E-state index in [2.05, 4.69) is 5.32 Å². The minimum Gasteiger partial charge on any atom is -0.478 e. The number of carbonyl (C=O) groups excluding carboxylic acids is 1. The van der Waals surface area contributed by atoms with Crippen molar-refractivity contribution in [1.29, 1.82) is 0 Å². The second-order valence-corrected chi connectivity index (χ2v) is 5.40. The van der Waals surface area contributed by atoms with Gasteiger partial charge in [0.05, 0.1) is 10.7 Å². The largest absolute Gasteiger partial charge is 0.478 e. The minimum atomic E-state index is -0.830. The average Bonchev–Trinajstić information content (AvgIpc) is 2.49. The van der Waals surface area contributed by atoms with Gasteiger partial charge in [-0.2, -0.15) is 0 Å². The maximum atomic E-state index is 13.6. The van der Waals surface area contributed by atoms with Gasteiger partial charge < -0.3 is 10.1 Å². The third-order valence-corrected chi connectivity index (χ3v) is 3.51. The summed E-state index contributed by atoms with van der Waals surface area (Å²) in [4.78, 5) is 12.2. The van der Waals surface area contributed by atoms with Crippen LogP contribution in [0.5, 0.6) is 5.75 Å². The van der Waals surface area contributed by atoms with Gasteiger partial charge in [-0.1, -0.05) is 42.3 Å². The van der Waals surface area contributed by atoms with Gasteiger partial charge in [0.1, 0.15) is 0 Å². The van der Waals surface area contributed by atoms with Gasteiger partial charge in [0.15, 0.2) is 17.7 Å². The molecule has 0 aromatic heterocycles. The third-order valence-electron chi connectivity index (χ3n) is 2.96. The molecule has 0 fully saturated rings. The first kappa shape index (κ1) is 16.6. The van der Waals surface area contributed by atoms with E-state index in [-0.39, 0.29) is 5.75 Å². The molecule has 2 rings (SSSR count). The molecule has 6 heteroatoms. The second kappa shape index (κ2) is 7.47. The molecule has 2 aromatic rings. The molecule has 0 radical (unpaired) electrons. The van der Waals surface area contributed by atoms with Crippen LogP contribution in [0.25, 0.3) is 0 Å². The molecular formula is C16H14Cl2FNO2. The number of halogens is 3. The first-order valence-corrected chi connectivity index (χ1v) is 7.44. The van der Waals surface area contributed by atoms with Crippen molar-refractivity contribution < 1.29 is 13.9 Å². The average molecular weight is 342 g/mol. The number of ether oxygens (including phenoxy) is 1. The quantitative estimate of drug-likeness (QED) is 0.837. The van der Waals surface area contributed by atoms with Gasteiger partial charge in [0.25, 0.3) is 5.91 Å². The molecule has 0 unspecified atom stereocenters. The topological polar surface area (TPSA) is 38.3 Å². The zero-order valence-corrected chi connectivity index (χ0v) is 13.3. The fourth-order valence-corrected chi connectivity index (χ4v) is 2.28. The lowest BCUT2D eigenvalue weighted by atomic mass is 10.2. The molecule has 0 bridgehead atoms. The van der Waals surface area contributed by atoms with E-state index in [0.717, 1.165) is 0 Å². The molecule has 0 aliphatic heterocycles. The second-order valence-electron chi connectivity index (χ2n) is 4.56. The number of rotatable bonds is 5. The number of carbonyl (C=O) groups is 1. The van der Waals surface area contributed by atoms with E-state index in [0.29, 0.717) is 22.2 Å². The molecule has 22 heavy (non-hydrogen) atoms. The van der Waals surface area contributed by atoms with Crippen LogP contribution in [-0.4, -0.2) is 12.0 Å². The fraction of sp³-hybridized carbons (Fsp3) is 0.188. The molecule has 2 aromatic carbocycles. The Morgan fingerprint density at radius 3 is 2.64 bits per heavy atom. The number of amides is 1. The fourth-order valence-electron chi connectivity index (χ4n) is 1.82. The van der Waals surface area contributed by atoms with Crippen molar-refractivity contribution in [1.82, 2.24) is 0 Å². The Bertz CT molecular complexity index is 679. The minimum absolute atomic E-state index is 0.0340. The van der Waals surface area contributed by atoms with Gasteiger partial charge in [0.2, 0.25) is 0 Å². The summed E-state index contributed by atoms with van der Waals surface area (Å²) in [6.07, 6.45) is -0.450. The van der Waals surface area contributed by atoms with E-state index in [4.69, 9.17) is 27.9 Å². The van der Waals surface area contributed by atoms with Crippen LogP contribution in [0.1, 0.15) is 13.3 Å². The highest BCUT2D eigenvalue weighted by Crippen LogP contribution is 2.26. The summed E-state index contributed by atoms with van der Waals surface area (Å²) < 4.78 is 19.0. The molecule has 0 aliphatic rings. The molecular weight excluding hydrogens is 328 g/mol. The van der Waals surface area contributed by atoms with Crippen molar-refractivity contribution >= 4 is 34.8 Å². The first-order valence-electron chi connectivity index (χ1n) is 6.68. The van der Waals surface area contributed by atoms with Gasteiger partial charge in [0, 0.05) is 5.02 Å². The van der Waals surface area contributed by atoms with Crippen LogP contribution in [0.3, 0.4) is 0 Å². The normalized spacial score (nSPS) is 11.8. The molecule has 116 valence electrons. The number of para-hydroxylation sites is 1. The predicted molar refractivity (Wildman–Crippen MR) is 86.2 cm³/mol. The van der Waals surface area contributed by atoms with Gasteiger partial charge in [-0.15, -0.1) is 0 Å². The van der Waals surface area contributed by atoms with Crippen LogP contribution in [0.2, 0.25) is 10.0 Å². The van der Waals surface area contributed by atoms with Gasteiger partial charge in [-0.3, -0.25) is 4.79 Å². The lowest BCUT2D eigenvalue weighted by Crippen LogP contribution is -2.32. The van der Waals surface area contributed by atoms with Gasteiger partial charge >= 0.3 is 0 Å². The summed E-state index contributed by atoms with van der Waals surface area (Å²) in [6, 6.07) is 10.7. The molecule has 0 aliphatic carbocycles. The predicted octanol–water partition coefficient (Wildman–Crippen LogP) is 4.93. The summed E-state index contributed by atoms with van der Waals surface area (Å²) in [5, 5.41) is 3.44. The van der Waals surface area contributed by atoms with Crippen molar-refractivity contribution in [3.05, 3.63) is 58.3 Å². The zero-order chi connectivity index (χ0) is 16.1. The number of hydrogen-bond acceptors (Lipinski definition) is 2. The Balaban J connectivity index is 2.10. The highest BCUT2D eigenvalue weighted by molar-refractivity contribution is 6.36. The van der Waals surface area contributed by atoms with Crippen LogP contribution < -0.4 is 10.1 Å². The van der Waals surface area contributed by atoms with Gasteiger partial charge in [-0.25, -0.2) is 4.39 Å².